The van der Waals surface area contributed by atoms with Gasteiger partial charge in [0.2, 0.25) is 5.88 Å². The lowest BCUT2D eigenvalue weighted by Gasteiger charge is -2.18. The normalized spacial score (nSPS) is 10.7. The maximum Gasteiger partial charge on any atom is 0.222 e. The van der Waals surface area contributed by atoms with Gasteiger partial charge in [-0.05, 0) is 45.4 Å². The van der Waals surface area contributed by atoms with Crippen LogP contribution >= 0.6 is 0 Å². The standard InChI is InChI=1S/C18H25N5O/c1-5-9-24-18-13(7-6-8-21-18)15-10-14(20)17(22-11(2)3)16(23-15)12(4)19/h6-8,10-11,19,22H,5,9H2,1-4H3,(H2,20,23). The van der Waals surface area contributed by atoms with Crippen molar-refractivity contribution in [3.63, 3.8) is 0 Å². The van der Waals surface area contributed by atoms with Crippen molar-refractivity contribution in [1.82, 2.24) is 9.97 Å². The van der Waals surface area contributed by atoms with E-state index < -0.39 is 0 Å². The lowest BCUT2D eigenvalue weighted by atomic mass is 10.1. The van der Waals surface area contributed by atoms with Crippen molar-refractivity contribution in [2.24, 2.45) is 0 Å². The van der Waals surface area contributed by atoms with E-state index in [9.17, 15) is 0 Å². The van der Waals surface area contributed by atoms with Gasteiger partial charge in [0.25, 0.3) is 0 Å². The maximum absolute atomic E-state index is 8.04. The molecule has 6 heteroatoms. The third-order valence-corrected chi connectivity index (χ3v) is 3.33. The molecule has 0 spiro atoms. The van der Waals surface area contributed by atoms with Crippen molar-refractivity contribution in [3.8, 4) is 17.1 Å². The summed E-state index contributed by atoms with van der Waals surface area (Å²) in [6, 6.07) is 5.73. The summed E-state index contributed by atoms with van der Waals surface area (Å²) in [6.45, 7) is 8.38. The van der Waals surface area contributed by atoms with E-state index in [0.29, 0.717) is 41.0 Å². The molecular weight excluding hydrogens is 302 g/mol. The number of nitrogens with two attached hydrogens (primary N) is 1. The minimum Gasteiger partial charge on any atom is -0.477 e. The topological polar surface area (TPSA) is 96.9 Å². The van der Waals surface area contributed by atoms with Crippen molar-refractivity contribution in [2.45, 2.75) is 40.2 Å². The Labute approximate surface area is 143 Å². The molecule has 0 atom stereocenters. The third kappa shape index (κ3) is 4.01. The summed E-state index contributed by atoms with van der Waals surface area (Å²) in [5.74, 6) is 0.532. The second-order valence-electron chi connectivity index (χ2n) is 5.95. The molecule has 4 N–H and O–H groups in total. The Kier molecular flexibility index (Phi) is 5.73. The average Bonchev–Trinajstić information content (AvgIpc) is 2.54. The van der Waals surface area contributed by atoms with Crippen molar-refractivity contribution in [2.75, 3.05) is 17.7 Å². The fourth-order valence-corrected chi connectivity index (χ4v) is 2.31. The largest absolute Gasteiger partial charge is 0.477 e. The van der Waals surface area contributed by atoms with E-state index in [1.807, 2.05) is 32.9 Å². The van der Waals surface area contributed by atoms with Crippen LogP contribution in [-0.4, -0.2) is 28.3 Å². The van der Waals surface area contributed by atoms with Crippen LogP contribution < -0.4 is 15.8 Å². The number of hydrogen-bond donors (Lipinski definition) is 3. The van der Waals surface area contributed by atoms with Gasteiger partial charge in [0.15, 0.2) is 0 Å². The van der Waals surface area contributed by atoms with Crippen LogP contribution in [0.25, 0.3) is 11.3 Å². The van der Waals surface area contributed by atoms with Crippen LogP contribution in [0.1, 0.15) is 39.8 Å². The summed E-state index contributed by atoms with van der Waals surface area (Å²) in [5.41, 5.74) is 9.82. The van der Waals surface area contributed by atoms with Gasteiger partial charge in [-0.1, -0.05) is 6.92 Å². The SMILES string of the molecule is CCCOc1ncccc1-c1cc(N)c(NC(C)C)c(C(C)=N)n1. The van der Waals surface area contributed by atoms with Crippen molar-refractivity contribution >= 4 is 17.1 Å². The molecule has 0 fully saturated rings. The molecule has 0 aromatic carbocycles. The zero-order valence-electron chi connectivity index (χ0n) is 14.7. The predicted molar refractivity (Wildman–Crippen MR) is 98.9 cm³/mol. The molecule has 24 heavy (non-hydrogen) atoms. The highest BCUT2D eigenvalue weighted by Crippen LogP contribution is 2.32. The van der Waals surface area contributed by atoms with Gasteiger partial charge in [0, 0.05) is 12.2 Å². The second kappa shape index (κ2) is 7.77. The monoisotopic (exact) mass is 327 g/mol. The van der Waals surface area contributed by atoms with Gasteiger partial charge in [-0.2, -0.15) is 0 Å². The van der Waals surface area contributed by atoms with Gasteiger partial charge in [-0.25, -0.2) is 9.97 Å². The molecule has 0 aliphatic heterocycles. The average molecular weight is 327 g/mol. The van der Waals surface area contributed by atoms with E-state index in [2.05, 4.69) is 15.3 Å². The summed E-state index contributed by atoms with van der Waals surface area (Å²) in [4.78, 5) is 8.93. The molecule has 0 aliphatic rings. The third-order valence-electron chi connectivity index (χ3n) is 3.33. The van der Waals surface area contributed by atoms with E-state index in [0.717, 1.165) is 12.0 Å². The van der Waals surface area contributed by atoms with Crippen LogP contribution in [0.4, 0.5) is 11.4 Å². The summed E-state index contributed by atoms with van der Waals surface area (Å²) < 4.78 is 5.71. The summed E-state index contributed by atoms with van der Waals surface area (Å²) in [5, 5.41) is 11.3. The zero-order valence-corrected chi connectivity index (χ0v) is 14.7. The maximum atomic E-state index is 8.04. The van der Waals surface area contributed by atoms with Gasteiger partial charge in [0.05, 0.1) is 35.0 Å². The van der Waals surface area contributed by atoms with Crippen LogP contribution in [0.15, 0.2) is 24.4 Å². The Morgan fingerprint density at radius 3 is 2.79 bits per heavy atom. The molecule has 6 nitrogen and oxygen atoms in total. The quantitative estimate of drug-likeness (QED) is 0.673. The Bertz CT molecular complexity index is 727. The molecule has 0 saturated carbocycles. The van der Waals surface area contributed by atoms with Gasteiger partial charge in [-0.15, -0.1) is 0 Å². The fraction of sp³-hybridized carbons (Fsp3) is 0.389. The Morgan fingerprint density at radius 1 is 1.42 bits per heavy atom. The minimum absolute atomic E-state index is 0.194. The van der Waals surface area contributed by atoms with Crippen LogP contribution in [0.5, 0.6) is 5.88 Å². The number of nitrogens with zero attached hydrogens (tertiary/aromatic N) is 2. The number of ether oxygens (including phenoxy) is 1. The molecular formula is C18H25N5O. The van der Waals surface area contributed by atoms with Crippen molar-refractivity contribution in [1.29, 1.82) is 5.41 Å². The first-order valence-electron chi connectivity index (χ1n) is 8.14. The van der Waals surface area contributed by atoms with Gasteiger partial charge < -0.3 is 21.2 Å². The van der Waals surface area contributed by atoms with E-state index in [-0.39, 0.29) is 6.04 Å². The van der Waals surface area contributed by atoms with E-state index in [4.69, 9.17) is 15.9 Å². The molecule has 0 unspecified atom stereocenters. The van der Waals surface area contributed by atoms with Crippen molar-refractivity contribution in [3.05, 3.63) is 30.1 Å². The van der Waals surface area contributed by atoms with E-state index in [1.165, 1.54) is 0 Å². The number of nitrogens with one attached hydrogen (secondary N) is 2. The Morgan fingerprint density at radius 2 is 2.17 bits per heavy atom. The molecule has 128 valence electrons. The number of hydrogen-bond acceptors (Lipinski definition) is 6. The second-order valence-corrected chi connectivity index (χ2v) is 5.95. The molecule has 0 saturated heterocycles. The Balaban J connectivity index is 2.55. The van der Waals surface area contributed by atoms with Crippen LogP contribution in [-0.2, 0) is 0 Å². The number of nitrogen functional groups attached to an aromatic ring is 1. The molecule has 0 radical (unpaired) electrons. The first-order chi connectivity index (χ1) is 11.4. The summed E-state index contributed by atoms with van der Waals surface area (Å²) >= 11 is 0. The fourth-order valence-electron chi connectivity index (χ4n) is 2.31. The van der Waals surface area contributed by atoms with Gasteiger partial charge >= 0.3 is 0 Å². The highest BCUT2D eigenvalue weighted by Gasteiger charge is 2.17. The molecule has 2 aromatic heterocycles. The molecule has 2 aromatic rings. The number of rotatable bonds is 7. The molecule has 0 bridgehead atoms. The van der Waals surface area contributed by atoms with Crippen LogP contribution in [0, 0.1) is 5.41 Å². The van der Waals surface area contributed by atoms with Crippen molar-refractivity contribution < 1.29 is 4.74 Å². The molecule has 0 amide bonds. The predicted octanol–water partition coefficient (Wildman–Crippen LogP) is 3.72. The Hall–Kier alpha value is -2.63. The molecule has 0 aliphatic carbocycles. The minimum atomic E-state index is 0.194. The lowest BCUT2D eigenvalue weighted by molar-refractivity contribution is 0.306. The highest BCUT2D eigenvalue weighted by atomic mass is 16.5. The number of pyridine rings is 2. The molecule has 2 heterocycles. The first kappa shape index (κ1) is 17.7. The summed E-state index contributed by atoms with van der Waals surface area (Å²) in [6.07, 6.45) is 2.59. The van der Waals surface area contributed by atoms with Gasteiger partial charge in [0.1, 0.15) is 5.69 Å². The number of anilines is 2. The van der Waals surface area contributed by atoms with E-state index in [1.54, 1.807) is 19.2 Å². The molecule has 2 rings (SSSR count). The summed E-state index contributed by atoms with van der Waals surface area (Å²) in [7, 11) is 0. The van der Waals surface area contributed by atoms with E-state index >= 15 is 0 Å². The lowest BCUT2D eigenvalue weighted by Crippen LogP contribution is -2.16. The smallest absolute Gasteiger partial charge is 0.222 e. The number of aromatic nitrogens is 2. The van der Waals surface area contributed by atoms with Crippen LogP contribution in [0.3, 0.4) is 0 Å². The first-order valence-corrected chi connectivity index (χ1v) is 8.14. The highest BCUT2D eigenvalue weighted by molar-refractivity contribution is 6.02. The zero-order chi connectivity index (χ0) is 17.7. The van der Waals surface area contributed by atoms with Gasteiger partial charge in [-0.3, -0.25) is 0 Å². The van der Waals surface area contributed by atoms with Crippen LogP contribution in [0.2, 0.25) is 0 Å².